The van der Waals surface area contributed by atoms with E-state index >= 15 is 0 Å². The van der Waals surface area contributed by atoms with Gasteiger partial charge in [-0.25, -0.2) is 0 Å². The molecule has 4 aromatic carbocycles. The molecule has 0 spiro atoms. The molecule has 35 heavy (non-hydrogen) atoms. The van der Waals surface area contributed by atoms with Crippen LogP contribution in [0.3, 0.4) is 0 Å². The van der Waals surface area contributed by atoms with Gasteiger partial charge in [-0.05, 0) is 99.2 Å². The second-order valence-electron chi connectivity index (χ2n) is 9.06. The second kappa shape index (κ2) is 9.26. The van der Waals surface area contributed by atoms with Gasteiger partial charge in [-0.3, -0.25) is 0 Å². The highest BCUT2D eigenvalue weighted by Gasteiger charge is 2.24. The smallest absolute Gasteiger partial charge is 0.172 e. The summed E-state index contributed by atoms with van der Waals surface area (Å²) < 4.78 is 6.15. The SMILES string of the molecule is Cc1ccc(O)c(N(c2cccc(Oc3c(C)ccc(C)c3O)c2)c2c(O)ccc(C)c2C)c1C. The Bertz CT molecular complexity index is 1370. The van der Waals surface area contributed by atoms with E-state index in [2.05, 4.69) is 0 Å². The molecule has 0 fully saturated rings. The number of hydrogen-bond donors (Lipinski definition) is 3. The summed E-state index contributed by atoms with van der Waals surface area (Å²) in [7, 11) is 0. The Morgan fingerprint density at radius 1 is 0.600 bits per heavy atom. The van der Waals surface area contributed by atoms with Gasteiger partial charge in [0.25, 0.3) is 0 Å². The van der Waals surface area contributed by atoms with Crippen LogP contribution in [0.2, 0.25) is 0 Å². The minimum atomic E-state index is 0.103. The third kappa shape index (κ3) is 4.37. The van der Waals surface area contributed by atoms with E-state index in [0.717, 1.165) is 33.4 Å². The van der Waals surface area contributed by atoms with Crippen molar-refractivity contribution in [3.63, 3.8) is 0 Å². The van der Waals surface area contributed by atoms with Gasteiger partial charge >= 0.3 is 0 Å². The molecule has 5 heteroatoms. The number of hydrogen-bond acceptors (Lipinski definition) is 5. The summed E-state index contributed by atoms with van der Waals surface area (Å²) in [6.45, 7) is 11.6. The predicted molar refractivity (Wildman–Crippen MR) is 141 cm³/mol. The Hall–Kier alpha value is -4.12. The Morgan fingerprint density at radius 3 is 1.69 bits per heavy atom. The Labute approximate surface area is 206 Å². The van der Waals surface area contributed by atoms with E-state index in [4.69, 9.17) is 4.74 Å². The van der Waals surface area contributed by atoms with E-state index in [1.807, 2.05) is 95.0 Å². The molecule has 0 aliphatic carbocycles. The molecule has 0 heterocycles. The lowest BCUT2D eigenvalue weighted by Gasteiger charge is -2.31. The summed E-state index contributed by atoms with van der Waals surface area (Å²) in [5.74, 6) is 1.23. The lowest BCUT2D eigenvalue weighted by molar-refractivity contribution is 0.406. The molecule has 0 bridgehead atoms. The first-order chi connectivity index (χ1) is 16.6. The zero-order valence-electron chi connectivity index (χ0n) is 21.0. The van der Waals surface area contributed by atoms with Crippen LogP contribution in [-0.4, -0.2) is 15.3 Å². The van der Waals surface area contributed by atoms with Crippen molar-refractivity contribution in [2.75, 3.05) is 4.90 Å². The molecule has 3 N–H and O–H groups in total. The van der Waals surface area contributed by atoms with Crippen molar-refractivity contribution in [3.8, 4) is 28.7 Å². The monoisotopic (exact) mass is 469 g/mol. The summed E-state index contributed by atoms with van der Waals surface area (Å²) in [6.07, 6.45) is 0. The van der Waals surface area contributed by atoms with E-state index in [1.54, 1.807) is 12.1 Å². The first-order valence-electron chi connectivity index (χ1n) is 11.6. The van der Waals surface area contributed by atoms with Gasteiger partial charge < -0.3 is 25.0 Å². The maximum absolute atomic E-state index is 11.0. The van der Waals surface area contributed by atoms with E-state index in [9.17, 15) is 15.3 Å². The number of aromatic hydroxyl groups is 3. The summed E-state index contributed by atoms with van der Waals surface area (Å²) in [5, 5.41) is 32.5. The quantitative estimate of drug-likeness (QED) is 0.277. The van der Waals surface area contributed by atoms with Crippen molar-refractivity contribution in [3.05, 3.63) is 94.0 Å². The van der Waals surface area contributed by atoms with Crippen molar-refractivity contribution in [1.29, 1.82) is 0 Å². The van der Waals surface area contributed by atoms with Crippen LogP contribution in [0.15, 0.2) is 60.7 Å². The van der Waals surface area contributed by atoms with Crippen LogP contribution in [0.5, 0.6) is 28.7 Å². The fourth-order valence-corrected chi connectivity index (χ4v) is 4.21. The number of rotatable bonds is 5. The normalized spacial score (nSPS) is 10.9. The van der Waals surface area contributed by atoms with Crippen LogP contribution < -0.4 is 9.64 Å². The van der Waals surface area contributed by atoms with Gasteiger partial charge in [0.15, 0.2) is 11.5 Å². The van der Waals surface area contributed by atoms with Crippen LogP contribution >= 0.6 is 0 Å². The molecule has 0 aliphatic heterocycles. The van der Waals surface area contributed by atoms with Crippen molar-refractivity contribution >= 4 is 17.1 Å². The molecule has 0 saturated heterocycles. The molecule has 0 aliphatic rings. The van der Waals surface area contributed by atoms with Gasteiger partial charge in [0.2, 0.25) is 0 Å². The third-order valence-corrected chi connectivity index (χ3v) is 6.63. The van der Waals surface area contributed by atoms with Gasteiger partial charge in [-0.1, -0.05) is 30.3 Å². The maximum atomic E-state index is 11.0. The molecule has 180 valence electrons. The van der Waals surface area contributed by atoms with Gasteiger partial charge in [-0.15, -0.1) is 0 Å². The van der Waals surface area contributed by atoms with Gasteiger partial charge in [0.1, 0.15) is 17.2 Å². The summed E-state index contributed by atoms with van der Waals surface area (Å²) in [4.78, 5) is 1.87. The summed E-state index contributed by atoms with van der Waals surface area (Å²) in [5.41, 5.74) is 7.22. The minimum absolute atomic E-state index is 0.103. The number of phenolic OH excluding ortho intramolecular Hbond substituents is 3. The Morgan fingerprint density at radius 2 is 1.11 bits per heavy atom. The van der Waals surface area contributed by atoms with Crippen LogP contribution in [0.1, 0.15) is 33.4 Å². The number of ether oxygens (including phenoxy) is 1. The van der Waals surface area contributed by atoms with Crippen LogP contribution in [0.25, 0.3) is 0 Å². The van der Waals surface area contributed by atoms with Crippen molar-refractivity contribution in [2.24, 2.45) is 0 Å². The fourth-order valence-electron chi connectivity index (χ4n) is 4.21. The van der Waals surface area contributed by atoms with Crippen molar-refractivity contribution in [2.45, 2.75) is 41.5 Å². The topological polar surface area (TPSA) is 73.2 Å². The van der Waals surface area contributed by atoms with E-state index in [1.165, 1.54) is 0 Å². The number of aryl methyl sites for hydroxylation is 4. The lowest BCUT2D eigenvalue weighted by atomic mass is 10.0. The molecule has 0 atom stereocenters. The molecule has 5 nitrogen and oxygen atoms in total. The van der Waals surface area contributed by atoms with Crippen LogP contribution in [0, 0.1) is 41.5 Å². The molecule has 0 saturated carbocycles. The van der Waals surface area contributed by atoms with Crippen molar-refractivity contribution < 1.29 is 20.1 Å². The highest BCUT2D eigenvalue weighted by Crippen LogP contribution is 2.48. The van der Waals surface area contributed by atoms with Gasteiger partial charge in [-0.2, -0.15) is 0 Å². The number of phenols is 3. The highest BCUT2D eigenvalue weighted by atomic mass is 16.5. The summed E-state index contributed by atoms with van der Waals surface area (Å²) >= 11 is 0. The van der Waals surface area contributed by atoms with E-state index in [-0.39, 0.29) is 17.2 Å². The van der Waals surface area contributed by atoms with Gasteiger partial charge in [0.05, 0.1) is 17.1 Å². The molecular weight excluding hydrogens is 438 g/mol. The largest absolute Gasteiger partial charge is 0.506 e. The zero-order chi connectivity index (χ0) is 25.4. The van der Waals surface area contributed by atoms with Crippen LogP contribution in [0.4, 0.5) is 17.1 Å². The third-order valence-electron chi connectivity index (χ3n) is 6.63. The maximum Gasteiger partial charge on any atom is 0.172 e. The lowest BCUT2D eigenvalue weighted by Crippen LogP contribution is -2.14. The minimum Gasteiger partial charge on any atom is -0.506 e. The molecule has 4 aromatic rings. The molecule has 4 rings (SSSR count). The van der Waals surface area contributed by atoms with Crippen molar-refractivity contribution in [1.82, 2.24) is 0 Å². The Balaban J connectivity index is 1.94. The average molecular weight is 470 g/mol. The zero-order valence-corrected chi connectivity index (χ0v) is 21.0. The average Bonchev–Trinajstić information content (AvgIpc) is 2.83. The number of anilines is 3. The van der Waals surface area contributed by atoms with Crippen LogP contribution in [-0.2, 0) is 0 Å². The van der Waals surface area contributed by atoms with E-state index < -0.39 is 0 Å². The molecule has 0 radical (unpaired) electrons. The number of nitrogens with zero attached hydrogens (tertiary/aromatic N) is 1. The molecule has 0 aromatic heterocycles. The standard InChI is InChI=1S/C30H31NO4/c1-17-12-14-25(32)27(21(17)5)31(28-22(6)18(2)13-15-26(28)33)23-8-7-9-24(16-23)35-30-20(4)11-10-19(3)29(30)34/h7-16,32-34H,1-6H3. The predicted octanol–water partition coefficient (Wildman–Crippen LogP) is 7.92. The highest BCUT2D eigenvalue weighted by molar-refractivity contribution is 5.87. The van der Waals surface area contributed by atoms with E-state index in [0.29, 0.717) is 28.6 Å². The first kappa shape index (κ1) is 24.0. The summed E-state index contributed by atoms with van der Waals surface area (Å²) in [6, 6.07) is 18.2. The fraction of sp³-hybridized carbons (Fsp3) is 0.200. The van der Waals surface area contributed by atoms with Gasteiger partial charge in [0, 0.05) is 6.07 Å². The molecule has 0 unspecified atom stereocenters. The Kier molecular flexibility index (Phi) is 6.35. The molecule has 0 amide bonds. The number of benzene rings is 4. The molecular formula is C30H31NO4. The first-order valence-corrected chi connectivity index (χ1v) is 11.6. The second-order valence-corrected chi connectivity index (χ2v) is 9.06.